The van der Waals surface area contributed by atoms with Gasteiger partial charge in [0.1, 0.15) is 0 Å². The second kappa shape index (κ2) is 8.74. The van der Waals surface area contributed by atoms with E-state index in [0.717, 1.165) is 5.92 Å². The van der Waals surface area contributed by atoms with Crippen LogP contribution in [0, 0.1) is 11.8 Å². The van der Waals surface area contributed by atoms with Gasteiger partial charge in [-0.3, -0.25) is 5.32 Å². The Labute approximate surface area is 148 Å². The SMILES string of the molecule is CCCCCCCCCC(C)C1CCCC2=C1[N]c1ccccc12. The van der Waals surface area contributed by atoms with Crippen LogP contribution in [0.4, 0.5) is 5.69 Å². The third-order valence-corrected chi connectivity index (χ3v) is 6.02. The maximum atomic E-state index is 5.03. The molecule has 1 heterocycles. The molecule has 1 radical (unpaired) electrons. The van der Waals surface area contributed by atoms with E-state index in [1.54, 1.807) is 5.57 Å². The van der Waals surface area contributed by atoms with Crippen molar-refractivity contribution in [3.05, 3.63) is 35.5 Å². The summed E-state index contributed by atoms with van der Waals surface area (Å²) in [5.41, 5.74) is 5.64. The summed E-state index contributed by atoms with van der Waals surface area (Å²) in [6, 6.07) is 8.74. The number of para-hydroxylation sites is 1. The largest absolute Gasteiger partial charge is 0.252 e. The van der Waals surface area contributed by atoms with Gasteiger partial charge in [0.05, 0.1) is 5.69 Å². The van der Waals surface area contributed by atoms with Crippen molar-refractivity contribution in [1.82, 2.24) is 5.32 Å². The van der Waals surface area contributed by atoms with E-state index < -0.39 is 0 Å². The third-order valence-electron chi connectivity index (χ3n) is 6.02. The molecule has 1 aliphatic heterocycles. The van der Waals surface area contributed by atoms with Gasteiger partial charge in [0.15, 0.2) is 0 Å². The van der Waals surface area contributed by atoms with Crippen LogP contribution in [0.2, 0.25) is 0 Å². The van der Waals surface area contributed by atoms with Crippen LogP contribution in [-0.2, 0) is 0 Å². The molecule has 3 rings (SSSR count). The van der Waals surface area contributed by atoms with Gasteiger partial charge < -0.3 is 0 Å². The van der Waals surface area contributed by atoms with Crippen LogP contribution < -0.4 is 5.32 Å². The maximum Gasteiger partial charge on any atom is 0.0708 e. The van der Waals surface area contributed by atoms with Gasteiger partial charge in [-0.15, -0.1) is 0 Å². The fourth-order valence-electron chi connectivity index (χ4n) is 4.55. The molecule has 0 aromatic heterocycles. The zero-order chi connectivity index (χ0) is 16.8. The fourth-order valence-corrected chi connectivity index (χ4v) is 4.55. The number of fused-ring (bicyclic) bond motifs is 2. The third kappa shape index (κ3) is 4.05. The van der Waals surface area contributed by atoms with Crippen molar-refractivity contribution in [3.63, 3.8) is 0 Å². The number of unbranched alkanes of at least 4 members (excludes halogenated alkanes) is 6. The van der Waals surface area contributed by atoms with Crippen LogP contribution in [0.25, 0.3) is 5.57 Å². The van der Waals surface area contributed by atoms with Crippen molar-refractivity contribution in [3.8, 4) is 0 Å². The lowest BCUT2D eigenvalue weighted by molar-refractivity contribution is 0.329. The average Bonchev–Trinajstić information content (AvgIpc) is 2.99. The summed E-state index contributed by atoms with van der Waals surface area (Å²) >= 11 is 0. The normalized spacial score (nSPS) is 20.5. The second-order valence-corrected chi connectivity index (χ2v) is 7.88. The molecule has 0 spiro atoms. The van der Waals surface area contributed by atoms with Crippen LogP contribution in [0.1, 0.15) is 90.0 Å². The van der Waals surface area contributed by atoms with E-state index in [-0.39, 0.29) is 0 Å². The molecule has 0 saturated carbocycles. The van der Waals surface area contributed by atoms with E-state index in [2.05, 4.69) is 38.1 Å². The Morgan fingerprint density at radius 3 is 2.62 bits per heavy atom. The van der Waals surface area contributed by atoms with E-state index in [4.69, 9.17) is 5.32 Å². The lowest BCUT2D eigenvalue weighted by Crippen LogP contribution is -2.21. The van der Waals surface area contributed by atoms with Crippen LogP contribution in [0.5, 0.6) is 0 Å². The van der Waals surface area contributed by atoms with E-state index in [1.807, 2.05) is 0 Å². The number of benzene rings is 1. The zero-order valence-corrected chi connectivity index (χ0v) is 15.7. The summed E-state index contributed by atoms with van der Waals surface area (Å²) < 4.78 is 0. The maximum absolute atomic E-state index is 5.03. The Kier molecular flexibility index (Phi) is 6.40. The molecule has 131 valence electrons. The molecule has 0 N–H and O–H groups in total. The van der Waals surface area contributed by atoms with E-state index in [0.29, 0.717) is 5.92 Å². The monoisotopic (exact) mass is 324 g/mol. The second-order valence-electron chi connectivity index (χ2n) is 7.88. The fraction of sp³-hybridized carbons (Fsp3) is 0.652. The molecule has 0 fully saturated rings. The van der Waals surface area contributed by atoms with Crippen molar-refractivity contribution in [2.24, 2.45) is 11.8 Å². The molecule has 1 aromatic carbocycles. The highest BCUT2D eigenvalue weighted by Crippen LogP contribution is 2.47. The van der Waals surface area contributed by atoms with Crippen molar-refractivity contribution >= 4 is 11.3 Å². The number of hydrogen-bond donors (Lipinski definition) is 0. The minimum absolute atomic E-state index is 0.696. The van der Waals surface area contributed by atoms with Gasteiger partial charge in [0, 0.05) is 17.2 Å². The van der Waals surface area contributed by atoms with Gasteiger partial charge in [0.2, 0.25) is 0 Å². The first-order chi connectivity index (χ1) is 11.8. The van der Waals surface area contributed by atoms with Crippen molar-refractivity contribution in [2.45, 2.75) is 84.5 Å². The topological polar surface area (TPSA) is 14.1 Å². The summed E-state index contributed by atoms with van der Waals surface area (Å²) in [5.74, 6) is 1.48. The van der Waals surface area contributed by atoms with Crippen LogP contribution in [-0.4, -0.2) is 0 Å². The van der Waals surface area contributed by atoms with Crippen LogP contribution in [0.15, 0.2) is 30.0 Å². The first kappa shape index (κ1) is 17.6. The quantitative estimate of drug-likeness (QED) is 0.426. The van der Waals surface area contributed by atoms with Gasteiger partial charge in [-0.05, 0) is 36.8 Å². The minimum Gasteiger partial charge on any atom is -0.252 e. The van der Waals surface area contributed by atoms with Gasteiger partial charge in [0.25, 0.3) is 0 Å². The van der Waals surface area contributed by atoms with E-state index in [9.17, 15) is 0 Å². The van der Waals surface area contributed by atoms with Gasteiger partial charge in [-0.1, -0.05) is 83.4 Å². The molecule has 1 aromatic rings. The minimum atomic E-state index is 0.696. The first-order valence-corrected chi connectivity index (χ1v) is 10.4. The van der Waals surface area contributed by atoms with Crippen LogP contribution >= 0.6 is 0 Å². The molecule has 0 saturated heterocycles. The Bertz CT molecular complexity index is 557. The van der Waals surface area contributed by atoms with Crippen molar-refractivity contribution in [1.29, 1.82) is 0 Å². The Morgan fingerprint density at radius 2 is 1.79 bits per heavy atom. The molecular formula is C23H34N. The molecule has 1 aliphatic carbocycles. The predicted molar refractivity (Wildman–Crippen MR) is 104 cm³/mol. The molecule has 2 aliphatic rings. The highest BCUT2D eigenvalue weighted by atomic mass is 14.9. The Morgan fingerprint density at radius 1 is 1.04 bits per heavy atom. The Hall–Kier alpha value is -1.24. The molecule has 1 nitrogen and oxygen atoms in total. The zero-order valence-electron chi connectivity index (χ0n) is 15.7. The smallest absolute Gasteiger partial charge is 0.0708 e. The molecule has 1 heteroatoms. The summed E-state index contributed by atoms with van der Waals surface area (Å²) in [5, 5.41) is 5.03. The standard InChI is InChI=1S/C23H34N/c1-3-4-5-6-7-8-9-13-18(2)19-15-12-16-21-20-14-10-11-17-22(20)24-23(19)21/h10-11,14,17-19H,3-9,12-13,15-16H2,1-2H3. The highest BCUT2D eigenvalue weighted by Gasteiger charge is 2.33. The van der Waals surface area contributed by atoms with Crippen molar-refractivity contribution in [2.75, 3.05) is 0 Å². The number of nitrogens with zero attached hydrogens (tertiary/aromatic N) is 1. The Balaban J connectivity index is 1.49. The molecule has 2 atom stereocenters. The van der Waals surface area contributed by atoms with Crippen LogP contribution in [0.3, 0.4) is 0 Å². The lowest BCUT2D eigenvalue weighted by atomic mass is 9.77. The van der Waals surface area contributed by atoms with Crippen molar-refractivity contribution < 1.29 is 0 Å². The predicted octanol–water partition coefficient (Wildman–Crippen LogP) is 7.22. The molecule has 2 unspecified atom stereocenters. The summed E-state index contributed by atoms with van der Waals surface area (Å²) in [6.07, 6.45) is 15.2. The van der Waals surface area contributed by atoms with Gasteiger partial charge in [-0.25, -0.2) is 0 Å². The highest BCUT2D eigenvalue weighted by molar-refractivity contribution is 5.82. The van der Waals surface area contributed by atoms with E-state index in [1.165, 1.54) is 87.6 Å². The van der Waals surface area contributed by atoms with Gasteiger partial charge >= 0.3 is 0 Å². The van der Waals surface area contributed by atoms with E-state index >= 15 is 0 Å². The number of rotatable bonds is 9. The summed E-state index contributed by atoms with van der Waals surface area (Å²) in [4.78, 5) is 0. The average molecular weight is 325 g/mol. The summed E-state index contributed by atoms with van der Waals surface area (Å²) in [6.45, 7) is 4.76. The molecule has 24 heavy (non-hydrogen) atoms. The summed E-state index contributed by atoms with van der Waals surface area (Å²) in [7, 11) is 0. The lowest BCUT2D eigenvalue weighted by Gasteiger charge is -2.29. The number of allylic oxidation sites excluding steroid dienone is 2. The first-order valence-electron chi connectivity index (χ1n) is 10.4. The number of hydrogen-bond acceptors (Lipinski definition) is 0. The molecule has 0 bridgehead atoms. The van der Waals surface area contributed by atoms with Gasteiger partial charge in [-0.2, -0.15) is 0 Å². The molecular weight excluding hydrogens is 290 g/mol. The molecule has 0 amide bonds.